The number of para-hydroxylation sites is 1. The van der Waals surface area contributed by atoms with Crippen molar-refractivity contribution in [2.75, 3.05) is 32.2 Å². The van der Waals surface area contributed by atoms with E-state index in [0.717, 1.165) is 23.5 Å². The molecule has 0 amide bonds. The van der Waals surface area contributed by atoms with Gasteiger partial charge in [-0.1, -0.05) is 18.2 Å². The van der Waals surface area contributed by atoms with Crippen LogP contribution in [0, 0.1) is 0 Å². The molecule has 0 atom stereocenters. The first-order valence-electron chi connectivity index (χ1n) is 9.28. The minimum atomic E-state index is 0. The number of aliphatic imine (C=N–C) groups is 1. The zero-order valence-corrected chi connectivity index (χ0v) is 19.3. The molecule has 2 aromatic rings. The molecule has 0 heterocycles. The minimum Gasteiger partial charge on any atom is -0.494 e. The van der Waals surface area contributed by atoms with Crippen molar-refractivity contribution >= 4 is 35.6 Å². The third kappa shape index (κ3) is 7.10. The first kappa shape index (κ1) is 23.9. The molecule has 0 saturated heterocycles. The van der Waals surface area contributed by atoms with E-state index in [9.17, 15) is 0 Å². The molecule has 2 N–H and O–H groups in total. The molecule has 0 unspecified atom stereocenters. The van der Waals surface area contributed by atoms with Crippen molar-refractivity contribution < 1.29 is 14.2 Å². The van der Waals surface area contributed by atoms with Crippen LogP contribution in [0.2, 0.25) is 0 Å². The average molecular weight is 499 g/mol. The summed E-state index contributed by atoms with van der Waals surface area (Å²) in [5.74, 6) is 2.96. The fraction of sp³-hybridized carbons (Fsp3) is 0.381. The summed E-state index contributed by atoms with van der Waals surface area (Å²) < 4.78 is 16.6. The molecule has 154 valence electrons. The molecule has 0 aliphatic heterocycles. The highest BCUT2D eigenvalue weighted by Crippen LogP contribution is 2.30. The van der Waals surface area contributed by atoms with E-state index in [1.54, 1.807) is 7.11 Å². The second-order valence-electron chi connectivity index (χ2n) is 5.66. The predicted molar refractivity (Wildman–Crippen MR) is 126 cm³/mol. The highest BCUT2D eigenvalue weighted by atomic mass is 127. The Balaban J connectivity index is 0.00000392. The van der Waals surface area contributed by atoms with Gasteiger partial charge in [-0.15, -0.1) is 24.0 Å². The number of benzene rings is 2. The molecule has 0 saturated carbocycles. The van der Waals surface area contributed by atoms with Crippen molar-refractivity contribution in [1.29, 1.82) is 0 Å². The van der Waals surface area contributed by atoms with Gasteiger partial charge in [0.15, 0.2) is 17.5 Å². The summed E-state index contributed by atoms with van der Waals surface area (Å²) in [5, 5.41) is 6.57. The number of rotatable bonds is 9. The van der Waals surface area contributed by atoms with Crippen molar-refractivity contribution in [3.05, 3.63) is 48.0 Å². The Hall–Kier alpha value is -2.16. The van der Waals surface area contributed by atoms with Crippen LogP contribution in [0.3, 0.4) is 0 Å². The largest absolute Gasteiger partial charge is 0.494 e. The van der Waals surface area contributed by atoms with Gasteiger partial charge in [-0.2, -0.15) is 0 Å². The van der Waals surface area contributed by atoms with Crippen molar-refractivity contribution in [1.82, 2.24) is 5.32 Å². The zero-order valence-electron chi connectivity index (χ0n) is 17.0. The Morgan fingerprint density at radius 2 is 1.64 bits per heavy atom. The van der Waals surface area contributed by atoms with Crippen LogP contribution in [0.25, 0.3) is 0 Å². The number of halogens is 1. The van der Waals surface area contributed by atoms with Crippen LogP contribution >= 0.6 is 24.0 Å². The van der Waals surface area contributed by atoms with Crippen molar-refractivity contribution in [3.63, 3.8) is 0 Å². The maximum absolute atomic E-state index is 5.68. The molecule has 6 nitrogen and oxygen atoms in total. The molecular formula is C21H30IN3O3. The van der Waals surface area contributed by atoms with Crippen LogP contribution in [0.15, 0.2) is 47.5 Å². The summed E-state index contributed by atoms with van der Waals surface area (Å²) in [6.45, 7) is 8.43. The normalized spacial score (nSPS) is 10.6. The summed E-state index contributed by atoms with van der Waals surface area (Å²) in [7, 11) is 1.63. The highest BCUT2D eigenvalue weighted by Gasteiger charge is 2.08. The molecule has 7 heteroatoms. The maximum Gasteiger partial charge on any atom is 0.196 e. The van der Waals surface area contributed by atoms with E-state index in [-0.39, 0.29) is 24.0 Å². The Labute approximate surface area is 184 Å². The molecule has 0 aliphatic carbocycles. The lowest BCUT2D eigenvalue weighted by Gasteiger charge is -2.15. The number of nitrogens with one attached hydrogen (secondary N) is 2. The number of hydrogen-bond donors (Lipinski definition) is 2. The van der Waals surface area contributed by atoms with Gasteiger partial charge < -0.3 is 24.8 Å². The maximum atomic E-state index is 5.68. The summed E-state index contributed by atoms with van der Waals surface area (Å²) >= 11 is 0. The lowest BCUT2D eigenvalue weighted by Crippen LogP contribution is -2.30. The molecular weight excluding hydrogens is 469 g/mol. The molecule has 0 bridgehead atoms. The molecule has 2 aromatic carbocycles. The quantitative estimate of drug-likeness (QED) is 0.298. The van der Waals surface area contributed by atoms with Gasteiger partial charge in [0.1, 0.15) is 5.75 Å². The molecule has 0 radical (unpaired) electrons. The fourth-order valence-corrected chi connectivity index (χ4v) is 2.56. The van der Waals surface area contributed by atoms with E-state index in [2.05, 4.69) is 15.6 Å². The number of guanidine groups is 1. The Bertz CT molecular complexity index is 753. The summed E-state index contributed by atoms with van der Waals surface area (Å²) in [5.41, 5.74) is 1.92. The average Bonchev–Trinajstić information content (AvgIpc) is 2.68. The SMILES string of the molecule is CCNC(=NCc1ccccc1OCC)Nc1ccc(OC)c(OCC)c1.I. The number of nitrogens with zero attached hydrogens (tertiary/aromatic N) is 1. The van der Waals surface area contributed by atoms with Gasteiger partial charge in [0, 0.05) is 23.9 Å². The number of hydrogen-bond acceptors (Lipinski definition) is 4. The Morgan fingerprint density at radius 3 is 2.32 bits per heavy atom. The highest BCUT2D eigenvalue weighted by molar-refractivity contribution is 14.0. The Morgan fingerprint density at radius 1 is 0.929 bits per heavy atom. The summed E-state index contributed by atoms with van der Waals surface area (Å²) in [4.78, 5) is 4.68. The second-order valence-corrected chi connectivity index (χ2v) is 5.66. The van der Waals surface area contributed by atoms with Crippen LogP contribution in [-0.4, -0.2) is 32.8 Å². The van der Waals surface area contributed by atoms with Crippen molar-refractivity contribution in [2.45, 2.75) is 27.3 Å². The molecule has 0 fully saturated rings. The predicted octanol–water partition coefficient (Wildman–Crippen LogP) is 4.69. The van der Waals surface area contributed by atoms with Gasteiger partial charge >= 0.3 is 0 Å². The second kappa shape index (κ2) is 13.1. The number of anilines is 1. The lowest BCUT2D eigenvalue weighted by atomic mass is 10.2. The van der Waals surface area contributed by atoms with E-state index in [1.807, 2.05) is 63.2 Å². The van der Waals surface area contributed by atoms with Gasteiger partial charge in [-0.05, 0) is 39.0 Å². The van der Waals surface area contributed by atoms with Crippen LogP contribution in [0.5, 0.6) is 17.2 Å². The molecule has 28 heavy (non-hydrogen) atoms. The summed E-state index contributed by atoms with van der Waals surface area (Å²) in [6.07, 6.45) is 0. The van der Waals surface area contributed by atoms with E-state index in [4.69, 9.17) is 14.2 Å². The Kier molecular flexibility index (Phi) is 11.2. The van der Waals surface area contributed by atoms with Crippen LogP contribution in [-0.2, 0) is 6.54 Å². The fourth-order valence-electron chi connectivity index (χ4n) is 2.56. The lowest BCUT2D eigenvalue weighted by molar-refractivity contribution is 0.311. The van der Waals surface area contributed by atoms with E-state index in [1.165, 1.54) is 0 Å². The van der Waals surface area contributed by atoms with Crippen LogP contribution in [0.4, 0.5) is 5.69 Å². The van der Waals surface area contributed by atoms with Gasteiger partial charge in [-0.25, -0.2) is 4.99 Å². The molecule has 2 rings (SSSR count). The first-order valence-corrected chi connectivity index (χ1v) is 9.28. The molecule has 0 spiro atoms. The van der Waals surface area contributed by atoms with Crippen molar-refractivity contribution in [2.24, 2.45) is 4.99 Å². The van der Waals surface area contributed by atoms with E-state index < -0.39 is 0 Å². The minimum absolute atomic E-state index is 0. The summed E-state index contributed by atoms with van der Waals surface area (Å²) in [6, 6.07) is 13.7. The van der Waals surface area contributed by atoms with Gasteiger partial charge in [0.2, 0.25) is 0 Å². The number of ether oxygens (including phenoxy) is 3. The third-order valence-electron chi connectivity index (χ3n) is 3.75. The topological polar surface area (TPSA) is 64.1 Å². The van der Waals surface area contributed by atoms with Crippen LogP contribution < -0.4 is 24.8 Å². The van der Waals surface area contributed by atoms with Gasteiger partial charge in [0.05, 0.1) is 26.9 Å². The smallest absolute Gasteiger partial charge is 0.196 e. The van der Waals surface area contributed by atoms with Gasteiger partial charge in [0.25, 0.3) is 0 Å². The standard InChI is InChI=1S/C21H29N3O3.HI/c1-5-22-21(23-15-16-10-8-9-11-18(16)26-6-2)24-17-12-13-19(25-4)20(14-17)27-7-3;/h8-14H,5-7,15H2,1-4H3,(H2,22,23,24);1H. The van der Waals surface area contributed by atoms with Gasteiger partial charge in [-0.3, -0.25) is 0 Å². The van der Waals surface area contributed by atoms with E-state index >= 15 is 0 Å². The number of methoxy groups -OCH3 is 1. The molecule has 0 aromatic heterocycles. The monoisotopic (exact) mass is 499 g/mol. The van der Waals surface area contributed by atoms with Crippen molar-refractivity contribution in [3.8, 4) is 17.2 Å². The first-order chi connectivity index (χ1) is 13.2. The van der Waals surface area contributed by atoms with Crippen LogP contribution in [0.1, 0.15) is 26.3 Å². The molecule has 0 aliphatic rings. The zero-order chi connectivity index (χ0) is 19.5. The van der Waals surface area contributed by atoms with E-state index in [0.29, 0.717) is 37.2 Å². The third-order valence-corrected chi connectivity index (χ3v) is 3.75.